The Kier molecular flexibility index (Phi) is 3.69. The van der Waals surface area contributed by atoms with E-state index in [1.807, 2.05) is 18.2 Å². The van der Waals surface area contributed by atoms with Crippen molar-refractivity contribution < 1.29 is 8.42 Å². The van der Waals surface area contributed by atoms with Gasteiger partial charge in [-0.25, -0.2) is 8.42 Å². The molecule has 2 rings (SSSR count). The van der Waals surface area contributed by atoms with Crippen LogP contribution in [-0.4, -0.2) is 37.4 Å². The van der Waals surface area contributed by atoms with Crippen LogP contribution in [0.4, 0.5) is 0 Å². The zero-order valence-corrected chi connectivity index (χ0v) is 11.2. The Balaban J connectivity index is 1.93. The Labute approximate surface area is 108 Å². The van der Waals surface area contributed by atoms with Crippen LogP contribution in [0.2, 0.25) is 0 Å². The summed E-state index contributed by atoms with van der Waals surface area (Å²) < 4.78 is 23.2. The summed E-state index contributed by atoms with van der Waals surface area (Å²) in [5.41, 5.74) is 1.70. The summed E-state index contributed by atoms with van der Waals surface area (Å²) in [6, 6.07) is 9.54. The number of hydrogen-bond acceptors (Lipinski definition) is 4. The maximum absolute atomic E-state index is 11.6. The molecular formula is C13H16N2O2S. The third-order valence-corrected chi connectivity index (χ3v) is 5.41. The van der Waals surface area contributed by atoms with Crippen molar-refractivity contribution in [1.82, 2.24) is 4.90 Å². The maximum Gasteiger partial charge on any atom is 0.155 e. The lowest BCUT2D eigenvalue weighted by atomic mass is 10.1. The Morgan fingerprint density at radius 3 is 2.78 bits per heavy atom. The molecule has 0 unspecified atom stereocenters. The molecule has 1 aromatic carbocycles. The summed E-state index contributed by atoms with van der Waals surface area (Å²) in [7, 11) is -2.89. The first-order valence-electron chi connectivity index (χ1n) is 5.98. The molecule has 18 heavy (non-hydrogen) atoms. The minimum atomic E-state index is -2.89. The van der Waals surface area contributed by atoms with Gasteiger partial charge in [0.15, 0.2) is 9.84 Å². The highest BCUT2D eigenvalue weighted by Gasteiger charge is 2.35. The molecule has 0 N–H and O–H groups in total. The topological polar surface area (TPSA) is 61.2 Å². The summed E-state index contributed by atoms with van der Waals surface area (Å²) in [5, 5.41) is 8.60. The van der Waals surface area contributed by atoms with E-state index in [9.17, 15) is 8.42 Å². The van der Waals surface area contributed by atoms with E-state index < -0.39 is 9.84 Å². The average Bonchev–Trinajstić information content (AvgIpc) is 2.33. The molecule has 0 bridgehead atoms. The van der Waals surface area contributed by atoms with Gasteiger partial charge < -0.3 is 0 Å². The fourth-order valence-corrected chi connectivity index (χ4v) is 3.46. The Morgan fingerprint density at radius 1 is 1.44 bits per heavy atom. The normalized spacial score (nSPS) is 17.1. The van der Waals surface area contributed by atoms with Gasteiger partial charge in [0.25, 0.3) is 0 Å². The number of likely N-dealkylation sites (tertiary alicyclic amines) is 1. The smallest absolute Gasteiger partial charge is 0.155 e. The number of sulfone groups is 1. The van der Waals surface area contributed by atoms with Gasteiger partial charge in [0, 0.05) is 25.4 Å². The van der Waals surface area contributed by atoms with E-state index in [1.54, 1.807) is 13.0 Å². The van der Waals surface area contributed by atoms with Crippen LogP contribution in [0.5, 0.6) is 0 Å². The van der Waals surface area contributed by atoms with E-state index >= 15 is 0 Å². The van der Waals surface area contributed by atoms with Crippen LogP contribution < -0.4 is 0 Å². The third kappa shape index (κ3) is 2.71. The molecule has 1 aromatic rings. The molecule has 4 nitrogen and oxygen atoms in total. The zero-order chi connectivity index (χ0) is 13.2. The van der Waals surface area contributed by atoms with Gasteiger partial charge in [0.2, 0.25) is 0 Å². The van der Waals surface area contributed by atoms with Gasteiger partial charge in [-0.05, 0) is 17.7 Å². The van der Waals surface area contributed by atoms with Crippen molar-refractivity contribution in [2.75, 3.05) is 18.8 Å². The van der Waals surface area contributed by atoms with Crippen molar-refractivity contribution in [2.24, 2.45) is 0 Å². The fraction of sp³-hybridized carbons (Fsp3) is 0.462. The number of hydrogen-bond donors (Lipinski definition) is 0. The highest BCUT2D eigenvalue weighted by atomic mass is 32.2. The van der Waals surface area contributed by atoms with E-state index in [-0.39, 0.29) is 11.0 Å². The summed E-state index contributed by atoms with van der Waals surface area (Å²) >= 11 is 0. The van der Waals surface area contributed by atoms with Crippen LogP contribution in [-0.2, 0) is 16.4 Å². The van der Waals surface area contributed by atoms with Gasteiger partial charge >= 0.3 is 0 Å². The number of rotatable bonds is 4. The Hall–Kier alpha value is -1.38. The number of benzene rings is 1. The van der Waals surface area contributed by atoms with Gasteiger partial charge in [-0.3, -0.25) is 4.90 Å². The van der Waals surface area contributed by atoms with Crippen molar-refractivity contribution in [3.63, 3.8) is 0 Å². The molecular weight excluding hydrogens is 248 g/mol. The van der Waals surface area contributed by atoms with Crippen LogP contribution >= 0.6 is 0 Å². The molecule has 0 aromatic heterocycles. The molecule has 0 atom stereocenters. The average molecular weight is 264 g/mol. The second kappa shape index (κ2) is 5.09. The number of nitriles is 1. The molecule has 0 aliphatic carbocycles. The van der Waals surface area contributed by atoms with Crippen molar-refractivity contribution >= 4 is 9.84 Å². The Bertz CT molecular complexity index is 569. The molecule has 1 heterocycles. The van der Waals surface area contributed by atoms with E-state index in [2.05, 4.69) is 11.0 Å². The van der Waals surface area contributed by atoms with Gasteiger partial charge in [-0.2, -0.15) is 5.26 Å². The van der Waals surface area contributed by atoms with Crippen molar-refractivity contribution in [3.05, 3.63) is 35.4 Å². The second-order valence-corrected chi connectivity index (χ2v) is 7.15. The second-order valence-electron chi connectivity index (χ2n) is 4.58. The highest BCUT2D eigenvalue weighted by Crippen LogP contribution is 2.20. The van der Waals surface area contributed by atoms with Crippen molar-refractivity contribution in [3.8, 4) is 6.07 Å². The Morgan fingerprint density at radius 2 is 2.17 bits per heavy atom. The predicted molar refractivity (Wildman–Crippen MR) is 69.7 cm³/mol. The lowest BCUT2D eigenvalue weighted by Gasteiger charge is -2.38. The SMILES string of the molecule is CCS(=O)(=O)C1CN(Cc2cccc(C#N)c2)C1. The van der Waals surface area contributed by atoms with Crippen LogP contribution in [0.15, 0.2) is 24.3 Å². The highest BCUT2D eigenvalue weighted by molar-refractivity contribution is 7.92. The number of nitrogens with zero attached hydrogens (tertiary/aromatic N) is 2. The fourth-order valence-electron chi connectivity index (χ4n) is 2.11. The molecule has 0 saturated carbocycles. The lowest BCUT2D eigenvalue weighted by molar-refractivity contribution is 0.176. The van der Waals surface area contributed by atoms with Gasteiger partial charge in [0.1, 0.15) is 0 Å². The van der Waals surface area contributed by atoms with Gasteiger partial charge in [-0.15, -0.1) is 0 Å². The quantitative estimate of drug-likeness (QED) is 0.819. The molecule has 0 amide bonds. The minimum Gasteiger partial charge on any atom is -0.296 e. The zero-order valence-electron chi connectivity index (χ0n) is 10.3. The van der Waals surface area contributed by atoms with Crippen LogP contribution in [0.1, 0.15) is 18.1 Å². The molecule has 5 heteroatoms. The molecule has 0 radical (unpaired) electrons. The van der Waals surface area contributed by atoms with Crippen molar-refractivity contribution in [1.29, 1.82) is 5.26 Å². The van der Waals surface area contributed by atoms with Gasteiger partial charge in [0.05, 0.1) is 16.9 Å². The molecule has 1 aliphatic heterocycles. The maximum atomic E-state index is 11.6. The minimum absolute atomic E-state index is 0.207. The largest absolute Gasteiger partial charge is 0.296 e. The summed E-state index contributed by atoms with van der Waals surface area (Å²) in [6.07, 6.45) is 0. The van der Waals surface area contributed by atoms with Crippen LogP contribution in [0.3, 0.4) is 0 Å². The molecule has 0 spiro atoms. The lowest BCUT2D eigenvalue weighted by Crippen LogP contribution is -2.54. The first-order chi connectivity index (χ1) is 8.55. The standard InChI is InChI=1S/C13H16N2O2S/c1-2-18(16,17)13-9-15(10-13)8-12-5-3-4-11(6-12)7-14/h3-6,13H,2,8-10H2,1H3. The first kappa shape index (κ1) is 13.1. The summed E-state index contributed by atoms with van der Waals surface area (Å²) in [6.45, 7) is 3.61. The molecule has 1 aliphatic rings. The first-order valence-corrected chi connectivity index (χ1v) is 7.69. The summed E-state index contributed by atoms with van der Waals surface area (Å²) in [4.78, 5) is 2.09. The van der Waals surface area contributed by atoms with Gasteiger partial charge in [-0.1, -0.05) is 19.1 Å². The van der Waals surface area contributed by atoms with Crippen LogP contribution in [0.25, 0.3) is 0 Å². The van der Waals surface area contributed by atoms with E-state index in [4.69, 9.17) is 5.26 Å². The van der Waals surface area contributed by atoms with E-state index in [0.717, 1.165) is 5.56 Å². The van der Waals surface area contributed by atoms with E-state index in [1.165, 1.54) is 0 Å². The van der Waals surface area contributed by atoms with Crippen molar-refractivity contribution in [2.45, 2.75) is 18.7 Å². The van der Waals surface area contributed by atoms with E-state index in [0.29, 0.717) is 25.2 Å². The van der Waals surface area contributed by atoms with Crippen LogP contribution in [0, 0.1) is 11.3 Å². The monoisotopic (exact) mass is 264 g/mol. The molecule has 96 valence electrons. The third-order valence-electron chi connectivity index (χ3n) is 3.30. The molecule has 1 saturated heterocycles. The summed E-state index contributed by atoms with van der Waals surface area (Å²) in [5.74, 6) is 0.218. The predicted octanol–water partition coefficient (Wildman–Crippen LogP) is 1.18. The molecule has 1 fully saturated rings.